The molecule has 2 heterocycles. The smallest absolute Gasteiger partial charge is 0.110 e. The molecule has 2 atom stereocenters. The highest BCUT2D eigenvalue weighted by Crippen LogP contribution is 2.39. The highest BCUT2D eigenvalue weighted by molar-refractivity contribution is 14.1. The van der Waals surface area contributed by atoms with Gasteiger partial charge >= 0.3 is 0 Å². The molecule has 2 aromatic rings. The maximum atomic E-state index is 5.99. The Labute approximate surface area is 143 Å². The van der Waals surface area contributed by atoms with Gasteiger partial charge in [0.05, 0.1) is 18.0 Å². The second-order valence-corrected chi connectivity index (χ2v) is 7.15. The molecule has 3 rings (SSSR count). The Morgan fingerprint density at radius 1 is 1.24 bits per heavy atom. The molecule has 1 saturated heterocycles. The van der Waals surface area contributed by atoms with Crippen LogP contribution in [0.5, 0.6) is 0 Å². The monoisotopic (exact) mass is 412 g/mol. The molecule has 5 heteroatoms. The van der Waals surface area contributed by atoms with E-state index in [1.54, 1.807) is 11.8 Å². The number of hydrogen-bond acceptors (Lipinski definition) is 4. The number of rotatable bonds is 4. The van der Waals surface area contributed by atoms with Crippen molar-refractivity contribution in [3.8, 4) is 0 Å². The Balaban J connectivity index is 1.87. The maximum absolute atomic E-state index is 5.99. The molecule has 1 aliphatic rings. The standard InChI is InChI=1S/C16H17IN2OS/c17-13-7-4-8-19-16(13)21-15(12-5-2-1-3-6-12)14-11-18-9-10-20-14/h1-8,14-15,18H,9-11H2/t14-,15?/m0/s1. The predicted octanol–water partition coefficient (Wildman–Crippen LogP) is 3.51. The van der Waals surface area contributed by atoms with Crippen molar-refractivity contribution in [3.63, 3.8) is 0 Å². The number of nitrogens with zero attached hydrogens (tertiary/aromatic N) is 1. The van der Waals surface area contributed by atoms with Gasteiger partial charge in [0.25, 0.3) is 0 Å². The van der Waals surface area contributed by atoms with Gasteiger partial charge < -0.3 is 10.1 Å². The first-order valence-electron chi connectivity index (χ1n) is 6.99. The fourth-order valence-electron chi connectivity index (χ4n) is 2.36. The first-order chi connectivity index (χ1) is 10.3. The zero-order chi connectivity index (χ0) is 14.5. The Morgan fingerprint density at radius 2 is 2.10 bits per heavy atom. The summed E-state index contributed by atoms with van der Waals surface area (Å²) < 4.78 is 7.18. The average Bonchev–Trinajstić information content (AvgIpc) is 2.56. The highest BCUT2D eigenvalue weighted by Gasteiger charge is 2.27. The predicted molar refractivity (Wildman–Crippen MR) is 94.6 cm³/mol. The number of ether oxygens (including phenoxy) is 1. The largest absolute Gasteiger partial charge is 0.374 e. The van der Waals surface area contributed by atoms with Gasteiger partial charge in [-0.05, 0) is 40.3 Å². The van der Waals surface area contributed by atoms with Crippen molar-refractivity contribution < 1.29 is 4.74 Å². The van der Waals surface area contributed by atoms with Crippen LogP contribution in [0.15, 0.2) is 53.7 Å². The molecule has 1 fully saturated rings. The topological polar surface area (TPSA) is 34.2 Å². The van der Waals surface area contributed by atoms with E-state index in [2.05, 4.69) is 69.3 Å². The molecular formula is C16H17IN2OS. The summed E-state index contributed by atoms with van der Waals surface area (Å²) in [6.45, 7) is 2.59. The summed E-state index contributed by atoms with van der Waals surface area (Å²) in [4.78, 5) is 4.52. The van der Waals surface area contributed by atoms with Crippen molar-refractivity contribution in [2.24, 2.45) is 0 Å². The summed E-state index contributed by atoms with van der Waals surface area (Å²) in [5.74, 6) is 0. The molecule has 1 aliphatic heterocycles. The number of hydrogen-bond donors (Lipinski definition) is 1. The molecule has 1 unspecified atom stereocenters. The quantitative estimate of drug-likeness (QED) is 0.616. The van der Waals surface area contributed by atoms with Crippen LogP contribution in [0.1, 0.15) is 10.8 Å². The molecule has 1 aromatic carbocycles. The average molecular weight is 412 g/mol. The van der Waals surface area contributed by atoms with E-state index in [0.29, 0.717) is 0 Å². The lowest BCUT2D eigenvalue weighted by Crippen LogP contribution is -2.41. The van der Waals surface area contributed by atoms with E-state index >= 15 is 0 Å². The summed E-state index contributed by atoms with van der Waals surface area (Å²) in [6, 6.07) is 14.6. The van der Waals surface area contributed by atoms with Gasteiger partial charge in [-0.15, -0.1) is 0 Å². The van der Waals surface area contributed by atoms with E-state index in [1.165, 1.54) is 9.13 Å². The third-order valence-corrected chi connectivity index (χ3v) is 6.00. The van der Waals surface area contributed by atoms with Crippen LogP contribution in [0, 0.1) is 3.57 Å². The molecular weight excluding hydrogens is 395 g/mol. The lowest BCUT2D eigenvalue weighted by Gasteiger charge is -2.31. The van der Waals surface area contributed by atoms with Crippen LogP contribution in [0.3, 0.4) is 0 Å². The Bertz CT molecular complexity index is 575. The third kappa shape index (κ3) is 3.97. The number of halogens is 1. The Morgan fingerprint density at radius 3 is 2.81 bits per heavy atom. The summed E-state index contributed by atoms with van der Waals surface area (Å²) in [5, 5.41) is 4.75. The van der Waals surface area contributed by atoms with Crippen LogP contribution >= 0.6 is 34.4 Å². The van der Waals surface area contributed by atoms with Crippen molar-refractivity contribution in [1.82, 2.24) is 10.3 Å². The number of nitrogens with one attached hydrogen (secondary N) is 1. The Hall–Kier alpha value is -0.630. The second kappa shape index (κ2) is 7.58. The van der Waals surface area contributed by atoms with Crippen molar-refractivity contribution in [1.29, 1.82) is 0 Å². The molecule has 0 saturated carbocycles. The zero-order valence-electron chi connectivity index (χ0n) is 11.5. The molecule has 110 valence electrons. The summed E-state index contributed by atoms with van der Waals surface area (Å²) in [7, 11) is 0. The fourth-order valence-corrected chi connectivity index (χ4v) is 4.25. The molecule has 0 spiro atoms. The molecule has 1 N–H and O–H groups in total. The van der Waals surface area contributed by atoms with Crippen LogP contribution in [0.2, 0.25) is 0 Å². The second-order valence-electron chi connectivity index (χ2n) is 4.85. The van der Waals surface area contributed by atoms with Gasteiger partial charge in [-0.3, -0.25) is 0 Å². The summed E-state index contributed by atoms with van der Waals surface area (Å²) >= 11 is 4.14. The SMILES string of the molecule is Ic1cccnc1SC(c1ccccc1)[C@@H]1CNCCO1. The van der Waals surface area contributed by atoms with Crippen molar-refractivity contribution >= 4 is 34.4 Å². The number of benzene rings is 1. The van der Waals surface area contributed by atoms with E-state index < -0.39 is 0 Å². The van der Waals surface area contributed by atoms with E-state index in [0.717, 1.165) is 24.7 Å². The van der Waals surface area contributed by atoms with E-state index in [9.17, 15) is 0 Å². The van der Waals surface area contributed by atoms with Gasteiger partial charge in [0.1, 0.15) is 5.03 Å². The molecule has 0 amide bonds. The van der Waals surface area contributed by atoms with Crippen LogP contribution in [0.25, 0.3) is 0 Å². The van der Waals surface area contributed by atoms with Gasteiger partial charge in [-0.25, -0.2) is 4.98 Å². The van der Waals surface area contributed by atoms with Gasteiger partial charge in [0.15, 0.2) is 0 Å². The van der Waals surface area contributed by atoms with Crippen LogP contribution < -0.4 is 5.32 Å². The third-order valence-electron chi connectivity index (χ3n) is 3.39. The molecule has 3 nitrogen and oxygen atoms in total. The van der Waals surface area contributed by atoms with E-state index in [4.69, 9.17) is 4.74 Å². The van der Waals surface area contributed by atoms with Gasteiger partial charge in [0.2, 0.25) is 0 Å². The zero-order valence-corrected chi connectivity index (χ0v) is 14.5. The van der Waals surface area contributed by atoms with Crippen LogP contribution in [-0.2, 0) is 4.74 Å². The number of aromatic nitrogens is 1. The molecule has 0 radical (unpaired) electrons. The lowest BCUT2D eigenvalue weighted by molar-refractivity contribution is 0.0273. The van der Waals surface area contributed by atoms with Crippen molar-refractivity contribution in [3.05, 3.63) is 57.8 Å². The first-order valence-corrected chi connectivity index (χ1v) is 8.95. The summed E-state index contributed by atoms with van der Waals surface area (Å²) in [6.07, 6.45) is 2.02. The van der Waals surface area contributed by atoms with Gasteiger partial charge in [0, 0.05) is 22.9 Å². The highest BCUT2D eigenvalue weighted by atomic mass is 127. The normalized spacial score (nSPS) is 20.1. The molecule has 1 aromatic heterocycles. The minimum absolute atomic E-state index is 0.170. The minimum Gasteiger partial charge on any atom is -0.374 e. The number of thioether (sulfide) groups is 1. The summed E-state index contributed by atoms with van der Waals surface area (Å²) in [5.41, 5.74) is 1.29. The lowest BCUT2D eigenvalue weighted by atomic mass is 10.1. The van der Waals surface area contributed by atoms with E-state index in [1.807, 2.05) is 12.3 Å². The molecule has 0 bridgehead atoms. The minimum atomic E-state index is 0.170. The number of pyridine rings is 1. The van der Waals surface area contributed by atoms with Crippen molar-refractivity contribution in [2.75, 3.05) is 19.7 Å². The first kappa shape index (κ1) is 15.3. The molecule has 21 heavy (non-hydrogen) atoms. The van der Waals surface area contributed by atoms with E-state index in [-0.39, 0.29) is 11.4 Å². The van der Waals surface area contributed by atoms with Crippen molar-refractivity contribution in [2.45, 2.75) is 16.4 Å². The fraction of sp³-hybridized carbons (Fsp3) is 0.312. The maximum Gasteiger partial charge on any atom is 0.110 e. The van der Waals surface area contributed by atoms with Crippen LogP contribution in [-0.4, -0.2) is 30.8 Å². The van der Waals surface area contributed by atoms with Crippen LogP contribution in [0.4, 0.5) is 0 Å². The van der Waals surface area contributed by atoms with Gasteiger partial charge in [-0.1, -0.05) is 42.1 Å². The number of morpholine rings is 1. The Kier molecular flexibility index (Phi) is 5.51. The molecule has 0 aliphatic carbocycles. The van der Waals surface area contributed by atoms with Gasteiger partial charge in [-0.2, -0.15) is 0 Å².